The van der Waals surface area contributed by atoms with Gasteiger partial charge in [-0.1, -0.05) is 5.92 Å². The number of hydrogen-bond donors (Lipinski definition) is 1. The van der Waals surface area contributed by atoms with Crippen LogP contribution in [-0.4, -0.2) is 36.2 Å². The molecule has 110 valence electrons. The van der Waals surface area contributed by atoms with Gasteiger partial charge in [0.1, 0.15) is 0 Å². The van der Waals surface area contributed by atoms with Gasteiger partial charge in [-0.05, 0) is 27.2 Å². The van der Waals surface area contributed by atoms with E-state index in [0.29, 0.717) is 19.5 Å². The van der Waals surface area contributed by atoms with E-state index in [1.807, 2.05) is 25.5 Å². The van der Waals surface area contributed by atoms with E-state index < -0.39 is 9.84 Å². The van der Waals surface area contributed by atoms with Gasteiger partial charge in [-0.25, -0.2) is 8.42 Å². The zero-order valence-corrected chi connectivity index (χ0v) is 13.0. The van der Waals surface area contributed by atoms with Crippen molar-refractivity contribution in [3.05, 3.63) is 17.0 Å². The van der Waals surface area contributed by atoms with Crippen molar-refractivity contribution in [2.24, 2.45) is 0 Å². The van der Waals surface area contributed by atoms with E-state index in [0.717, 1.165) is 17.0 Å². The summed E-state index contributed by atoms with van der Waals surface area (Å²) in [5.41, 5.74) is 3.16. The van der Waals surface area contributed by atoms with Crippen LogP contribution in [0, 0.1) is 25.7 Å². The number of nitrogens with one attached hydrogen (secondary N) is 1. The standard InChI is InChI=1S/C14H21N3O2S/c1-4-5-7-15-9-14-11(2)16-17(12(14)3)13-6-8-20(18,19)10-13/h13,15H,6-10H2,1-3H3. The fourth-order valence-corrected chi connectivity index (χ4v) is 4.31. The number of nitrogens with zero attached hydrogens (tertiary/aromatic N) is 2. The number of hydrogen-bond acceptors (Lipinski definition) is 4. The summed E-state index contributed by atoms with van der Waals surface area (Å²) in [6, 6.07) is -0.0112. The quantitative estimate of drug-likeness (QED) is 0.664. The molecule has 1 atom stereocenters. The number of aromatic nitrogens is 2. The van der Waals surface area contributed by atoms with Gasteiger partial charge in [0.15, 0.2) is 9.84 Å². The van der Waals surface area contributed by atoms with Crippen molar-refractivity contribution in [1.82, 2.24) is 15.1 Å². The molecule has 0 bridgehead atoms. The fraction of sp³-hybridized carbons (Fsp3) is 0.643. The van der Waals surface area contributed by atoms with Crippen molar-refractivity contribution in [2.45, 2.75) is 39.8 Å². The summed E-state index contributed by atoms with van der Waals surface area (Å²) in [6.07, 6.45) is 0.665. The summed E-state index contributed by atoms with van der Waals surface area (Å²) in [6.45, 7) is 7.16. The van der Waals surface area contributed by atoms with Gasteiger partial charge in [-0.3, -0.25) is 4.68 Å². The van der Waals surface area contributed by atoms with Gasteiger partial charge in [0, 0.05) is 17.8 Å². The molecule has 0 saturated carbocycles. The molecule has 6 heteroatoms. The Bertz CT molecular complexity index is 650. The largest absolute Gasteiger partial charge is 0.302 e. The molecule has 20 heavy (non-hydrogen) atoms. The second kappa shape index (κ2) is 5.98. The lowest BCUT2D eigenvalue weighted by molar-refractivity contribution is 0.485. The minimum absolute atomic E-state index is 0.0112. The van der Waals surface area contributed by atoms with Crippen molar-refractivity contribution in [1.29, 1.82) is 0 Å². The fourth-order valence-electron chi connectivity index (χ4n) is 2.62. The van der Waals surface area contributed by atoms with Crippen LogP contribution in [0.1, 0.15) is 36.3 Å². The number of aryl methyl sites for hydroxylation is 1. The van der Waals surface area contributed by atoms with Gasteiger partial charge in [0.05, 0.1) is 29.8 Å². The highest BCUT2D eigenvalue weighted by Gasteiger charge is 2.31. The van der Waals surface area contributed by atoms with Crippen LogP contribution in [0.15, 0.2) is 0 Å². The van der Waals surface area contributed by atoms with Crippen molar-refractivity contribution in [3.63, 3.8) is 0 Å². The lowest BCUT2D eigenvalue weighted by Gasteiger charge is -2.11. The average Bonchev–Trinajstić information content (AvgIpc) is 2.87. The third kappa shape index (κ3) is 3.22. The molecule has 2 rings (SSSR count). The zero-order valence-electron chi connectivity index (χ0n) is 12.2. The van der Waals surface area contributed by atoms with Gasteiger partial charge < -0.3 is 5.32 Å². The van der Waals surface area contributed by atoms with E-state index >= 15 is 0 Å². The minimum atomic E-state index is -2.88. The third-order valence-corrected chi connectivity index (χ3v) is 5.47. The summed E-state index contributed by atoms with van der Waals surface area (Å²) in [4.78, 5) is 0. The SMILES string of the molecule is CC#CCNCc1c(C)nn(C2CCS(=O)(=O)C2)c1C. The third-order valence-electron chi connectivity index (χ3n) is 3.72. The summed E-state index contributed by atoms with van der Waals surface area (Å²) in [5, 5.41) is 7.79. The molecular weight excluding hydrogens is 274 g/mol. The molecule has 1 aliphatic rings. The first kappa shape index (κ1) is 15.1. The van der Waals surface area contributed by atoms with Crippen molar-refractivity contribution < 1.29 is 8.42 Å². The summed E-state index contributed by atoms with van der Waals surface area (Å²) in [7, 11) is -2.88. The lowest BCUT2D eigenvalue weighted by Crippen LogP contribution is -2.16. The number of sulfone groups is 1. The molecule has 1 fully saturated rings. The van der Waals surface area contributed by atoms with Crippen molar-refractivity contribution in [3.8, 4) is 11.8 Å². The molecule has 0 spiro atoms. The van der Waals surface area contributed by atoms with Crippen LogP contribution in [0.3, 0.4) is 0 Å². The molecule has 1 N–H and O–H groups in total. The Balaban J connectivity index is 2.14. The predicted molar refractivity (Wildman–Crippen MR) is 79.2 cm³/mol. The van der Waals surface area contributed by atoms with Gasteiger partial charge >= 0.3 is 0 Å². The molecule has 0 aromatic carbocycles. The van der Waals surface area contributed by atoms with Crippen LogP contribution in [0.25, 0.3) is 0 Å². The second-order valence-corrected chi connectivity index (χ2v) is 7.41. The smallest absolute Gasteiger partial charge is 0.152 e. The first-order valence-electron chi connectivity index (χ1n) is 6.80. The predicted octanol–water partition coefficient (Wildman–Crippen LogP) is 0.972. The Kier molecular flexibility index (Phi) is 4.51. The van der Waals surface area contributed by atoms with E-state index in [9.17, 15) is 8.42 Å². The summed E-state index contributed by atoms with van der Waals surface area (Å²) < 4.78 is 25.1. The average molecular weight is 295 g/mol. The minimum Gasteiger partial charge on any atom is -0.302 e. The van der Waals surface area contributed by atoms with Crippen LogP contribution in [0.2, 0.25) is 0 Å². The Labute approximate surface area is 120 Å². The molecule has 1 aliphatic heterocycles. The molecule has 0 amide bonds. The van der Waals surface area contributed by atoms with Crippen molar-refractivity contribution >= 4 is 9.84 Å². The maximum absolute atomic E-state index is 11.6. The maximum atomic E-state index is 11.6. The van der Waals surface area contributed by atoms with E-state index in [4.69, 9.17) is 0 Å². The highest BCUT2D eigenvalue weighted by molar-refractivity contribution is 7.91. The molecule has 0 radical (unpaired) electrons. The molecule has 1 unspecified atom stereocenters. The Morgan fingerprint density at radius 3 is 2.80 bits per heavy atom. The Hall–Kier alpha value is -1.32. The second-order valence-electron chi connectivity index (χ2n) is 5.18. The number of rotatable bonds is 4. The van der Waals surface area contributed by atoms with Gasteiger partial charge in [-0.15, -0.1) is 5.92 Å². The maximum Gasteiger partial charge on any atom is 0.152 e. The summed E-state index contributed by atoms with van der Waals surface area (Å²) >= 11 is 0. The van der Waals surface area contributed by atoms with Crippen LogP contribution in [0.4, 0.5) is 0 Å². The Morgan fingerprint density at radius 2 is 2.20 bits per heavy atom. The summed E-state index contributed by atoms with van der Waals surface area (Å²) in [5.74, 6) is 6.29. The molecule has 0 aliphatic carbocycles. The molecule has 5 nitrogen and oxygen atoms in total. The van der Waals surface area contributed by atoms with Crippen LogP contribution < -0.4 is 5.32 Å². The van der Waals surface area contributed by atoms with Crippen molar-refractivity contribution in [2.75, 3.05) is 18.1 Å². The Morgan fingerprint density at radius 1 is 1.45 bits per heavy atom. The first-order chi connectivity index (χ1) is 9.44. The highest BCUT2D eigenvalue weighted by atomic mass is 32.2. The topological polar surface area (TPSA) is 64.0 Å². The van der Waals surface area contributed by atoms with Crippen LogP contribution in [-0.2, 0) is 16.4 Å². The molecule has 1 aromatic heterocycles. The van der Waals surface area contributed by atoms with Gasteiger partial charge in [0.25, 0.3) is 0 Å². The molecule has 2 heterocycles. The van der Waals surface area contributed by atoms with E-state index in [2.05, 4.69) is 22.3 Å². The molecular formula is C14H21N3O2S. The first-order valence-corrected chi connectivity index (χ1v) is 8.62. The van der Waals surface area contributed by atoms with Crippen LogP contribution in [0.5, 0.6) is 0 Å². The van der Waals surface area contributed by atoms with E-state index in [1.54, 1.807) is 0 Å². The van der Waals surface area contributed by atoms with Gasteiger partial charge in [-0.2, -0.15) is 5.10 Å². The van der Waals surface area contributed by atoms with E-state index in [1.165, 1.54) is 0 Å². The van der Waals surface area contributed by atoms with Crippen LogP contribution >= 0.6 is 0 Å². The zero-order chi connectivity index (χ0) is 14.8. The molecule has 1 aromatic rings. The van der Waals surface area contributed by atoms with E-state index in [-0.39, 0.29) is 17.5 Å². The monoisotopic (exact) mass is 295 g/mol. The van der Waals surface area contributed by atoms with Gasteiger partial charge in [0.2, 0.25) is 0 Å². The lowest BCUT2D eigenvalue weighted by atomic mass is 10.2. The highest BCUT2D eigenvalue weighted by Crippen LogP contribution is 2.26. The molecule has 1 saturated heterocycles. The normalized spacial score (nSPS) is 20.6.